The van der Waals surface area contributed by atoms with Crippen molar-refractivity contribution < 1.29 is 130 Å². The summed E-state index contributed by atoms with van der Waals surface area (Å²) in [6.45, 7) is 18.3. The highest BCUT2D eigenvalue weighted by molar-refractivity contribution is 6.18. The van der Waals surface area contributed by atoms with Crippen LogP contribution in [0.5, 0.6) is 0 Å². The summed E-state index contributed by atoms with van der Waals surface area (Å²) in [5.41, 5.74) is 10.2. The fourth-order valence-electron chi connectivity index (χ4n) is 17.3. The fraction of sp³-hybridized carbons (Fsp3) is 0.698. The number of likely N-dealkylation sites (tertiary alicyclic amines) is 1. The molecular weight excluding hydrogens is 1800 g/mol. The fourth-order valence-corrected chi connectivity index (χ4v) is 17.3. The molecule has 2 saturated heterocycles. The summed E-state index contributed by atoms with van der Waals surface area (Å²) in [6.07, 6.45) is -3.31. The Balaban J connectivity index is 1.06. The first-order valence-electron chi connectivity index (χ1n) is 48.2. The zero-order chi connectivity index (χ0) is 102. The van der Waals surface area contributed by atoms with Crippen LogP contribution in [0.25, 0.3) is 0 Å². The van der Waals surface area contributed by atoms with Gasteiger partial charge in [-0.25, -0.2) is 9.59 Å². The topological polar surface area (TPSA) is 588 Å². The predicted octanol–water partition coefficient (Wildman–Crippen LogP) is 1.95. The Labute approximate surface area is 809 Å². The molecule has 2 aliphatic heterocycles. The average Bonchev–Trinajstić information content (AvgIpc) is 1.21. The van der Waals surface area contributed by atoms with Crippen molar-refractivity contribution in [3.8, 4) is 0 Å². The number of allylic oxidation sites excluding steroid dienone is 3. The maximum Gasteiger partial charge on any atom is 0.410 e. The van der Waals surface area contributed by atoms with Gasteiger partial charge in [-0.3, -0.25) is 63.5 Å². The van der Waals surface area contributed by atoms with Crippen LogP contribution >= 0.6 is 0 Å². The van der Waals surface area contributed by atoms with E-state index in [1.807, 2.05) is 19.9 Å². The average molecular weight is 1950 g/mol. The summed E-state index contributed by atoms with van der Waals surface area (Å²) in [4.78, 5) is 182. The van der Waals surface area contributed by atoms with Gasteiger partial charge >= 0.3 is 12.1 Å². The van der Waals surface area contributed by atoms with Gasteiger partial charge < -0.3 is 137 Å². The number of carbonyl (C=O) groups is 13. The molecule has 2 unspecified atom stereocenters. The molecule has 2 aromatic rings. The minimum atomic E-state index is -1.64. The highest BCUT2D eigenvalue weighted by atomic mass is 16.6. The van der Waals surface area contributed by atoms with Gasteiger partial charge in [0.05, 0.1) is 113 Å². The first-order chi connectivity index (χ1) is 65.8. The van der Waals surface area contributed by atoms with E-state index in [9.17, 15) is 87.9 Å². The molecule has 2 fully saturated rings. The van der Waals surface area contributed by atoms with Gasteiger partial charge in [-0.1, -0.05) is 124 Å². The third kappa shape index (κ3) is 36.9. The summed E-state index contributed by atoms with van der Waals surface area (Å²) < 4.78 is 52.0. The molecule has 42 heteroatoms. The Kier molecular flexibility index (Phi) is 51.6. The van der Waals surface area contributed by atoms with Gasteiger partial charge in [0.1, 0.15) is 73.9 Å². The number of nitrogens with zero attached hydrogens (tertiary/aromatic N) is 3. The number of ether oxygens (including phenoxy) is 9. The van der Waals surface area contributed by atoms with Crippen LogP contribution in [-0.4, -0.2) is 328 Å². The Morgan fingerprint density at radius 3 is 1.84 bits per heavy atom. The molecule has 12 amide bonds. The minimum Gasteiger partial charge on any atom is -0.445 e. The van der Waals surface area contributed by atoms with Crippen molar-refractivity contribution in [1.29, 1.82) is 0 Å². The molecule has 2 aromatic carbocycles. The minimum absolute atomic E-state index is 0.0139. The number of rotatable bonds is 61. The Morgan fingerprint density at radius 2 is 1.24 bits per heavy atom. The summed E-state index contributed by atoms with van der Waals surface area (Å²) in [5.74, 6) is -2.62. The van der Waals surface area contributed by atoms with Gasteiger partial charge in [-0.2, -0.15) is 0 Å². The van der Waals surface area contributed by atoms with Crippen molar-refractivity contribution in [3.05, 3.63) is 89.3 Å². The van der Waals surface area contributed by atoms with E-state index in [4.69, 9.17) is 54.2 Å². The van der Waals surface area contributed by atoms with Gasteiger partial charge in [0.25, 0.3) is 0 Å². The van der Waals surface area contributed by atoms with Crippen molar-refractivity contribution in [2.45, 2.75) is 282 Å². The summed E-state index contributed by atoms with van der Waals surface area (Å²) in [7, 11) is 6.01. The van der Waals surface area contributed by atoms with Crippen LogP contribution < -0.4 is 64.9 Å². The van der Waals surface area contributed by atoms with Crippen LogP contribution in [0.2, 0.25) is 0 Å². The van der Waals surface area contributed by atoms with E-state index >= 15 is 0 Å². The van der Waals surface area contributed by atoms with E-state index in [1.165, 1.54) is 50.5 Å². The number of nitrogens with two attached hydrogens (primary N) is 2. The summed E-state index contributed by atoms with van der Waals surface area (Å²) in [6, 6.07) is 6.54. The second kappa shape index (κ2) is 60.9. The van der Waals surface area contributed by atoms with Crippen LogP contribution in [-0.2, 0) is 102 Å². The van der Waals surface area contributed by atoms with Gasteiger partial charge in [0, 0.05) is 72.4 Å². The molecule has 2 aliphatic carbocycles. The number of hydrogen-bond donors (Lipinski definition) is 17. The lowest BCUT2D eigenvalue weighted by molar-refractivity contribution is -0.234. The number of unbranched alkanes of at least 4 members (excludes halogenated alkanes) is 1. The van der Waals surface area contributed by atoms with Crippen molar-refractivity contribution in [1.82, 2.24) is 62.7 Å². The number of hydrazine groups is 1. The third-order valence-corrected chi connectivity index (χ3v) is 25.5. The number of hydrogen-bond acceptors (Lipinski definition) is 30. The summed E-state index contributed by atoms with van der Waals surface area (Å²) >= 11 is 0. The molecule has 19 N–H and O–H groups in total. The molecule has 19 atom stereocenters. The number of benzene rings is 2. The monoisotopic (exact) mass is 1950 g/mol. The van der Waals surface area contributed by atoms with E-state index < -0.39 is 200 Å². The quantitative estimate of drug-likeness (QED) is 0.0195. The van der Waals surface area contributed by atoms with Crippen LogP contribution in [0.3, 0.4) is 0 Å². The summed E-state index contributed by atoms with van der Waals surface area (Å²) in [5, 5.41) is 77.7. The van der Waals surface area contributed by atoms with Gasteiger partial charge in [-0.05, 0) is 137 Å². The van der Waals surface area contributed by atoms with Gasteiger partial charge in [0.2, 0.25) is 53.2 Å². The smallest absolute Gasteiger partial charge is 0.410 e. The molecule has 0 spiro atoms. The van der Waals surface area contributed by atoms with Crippen molar-refractivity contribution in [3.63, 3.8) is 0 Å². The predicted molar refractivity (Wildman–Crippen MR) is 507 cm³/mol. The molecular formula is C96H155N15O27. The molecule has 776 valence electrons. The number of methoxy groups -OCH3 is 2. The molecule has 6 rings (SSSR count). The second-order valence-electron chi connectivity index (χ2n) is 36.7. The third-order valence-electron chi connectivity index (χ3n) is 25.5. The molecule has 4 aliphatic rings. The number of anilines is 1. The number of amides is 12. The SMILES string of the molecule is CC[C@H](C)[C@@H]([C@@H](CC(=O)N1CCC[C@H]1[C@H](OC)[C@@H](C)C(=O)N[C@H](C)[C@@H](O)c1ccccc1)OC)N(C)C(=O)[C@@H](NC(=O)[C@H](C(C)C)N(C)C(=O)OCc1ccc(NC(=O)[C@H](CCCNC(N)=O)NC(=O)[C@@H](NC(=O)[C@@H](CCCCNC(=O)COC2CCCCC/C(NC3O[C@H](CO)[C@H](O)[C@H](O)[C@H]3O)=C\2NN)NC(=O)CCOCCOCCOCCOCCC2C(=O)C=CC2=O)C(C)C)cc1)C(C)C. The maximum absolute atomic E-state index is 15.0. The largest absolute Gasteiger partial charge is 0.445 e. The van der Waals surface area contributed by atoms with Gasteiger partial charge in [-0.15, -0.1) is 0 Å². The second-order valence-corrected chi connectivity index (χ2v) is 36.7. The number of likely N-dealkylation sites (N-methyl/N-ethyl adjacent to an activating group) is 2. The van der Waals surface area contributed by atoms with Crippen LogP contribution in [0, 0.1) is 35.5 Å². The zero-order valence-corrected chi connectivity index (χ0v) is 82.6. The first kappa shape index (κ1) is 117. The van der Waals surface area contributed by atoms with E-state index in [2.05, 4.69) is 53.3 Å². The lowest BCUT2D eigenvalue weighted by atomic mass is 9.89. The van der Waals surface area contributed by atoms with E-state index in [-0.39, 0.29) is 152 Å². The number of carbonyl (C=O) groups excluding carboxylic acids is 13. The van der Waals surface area contributed by atoms with Crippen LogP contribution in [0.4, 0.5) is 15.3 Å². The lowest BCUT2D eigenvalue weighted by Gasteiger charge is -2.41. The van der Waals surface area contributed by atoms with Crippen molar-refractivity contribution in [2.75, 3.05) is 119 Å². The Hall–Kier alpha value is -9.93. The molecule has 2 heterocycles. The van der Waals surface area contributed by atoms with Gasteiger partial charge in [0.15, 0.2) is 17.8 Å². The molecule has 138 heavy (non-hydrogen) atoms. The zero-order valence-electron chi connectivity index (χ0n) is 82.6. The van der Waals surface area contributed by atoms with E-state index in [0.717, 1.165) is 11.3 Å². The number of aliphatic hydroxyl groups excluding tert-OH is 5. The van der Waals surface area contributed by atoms with Crippen molar-refractivity contribution >= 4 is 82.5 Å². The highest BCUT2D eigenvalue weighted by Gasteiger charge is 2.47. The normalized spacial score (nSPS) is 21.2. The van der Waals surface area contributed by atoms with E-state index in [0.29, 0.717) is 80.4 Å². The molecule has 0 bridgehead atoms. The van der Waals surface area contributed by atoms with Crippen molar-refractivity contribution in [2.24, 2.45) is 47.1 Å². The van der Waals surface area contributed by atoms with E-state index in [1.54, 1.807) is 104 Å². The Morgan fingerprint density at radius 1 is 0.623 bits per heavy atom. The number of primary amides is 1. The number of nitrogens with one attached hydrogen (secondary N) is 10. The highest BCUT2D eigenvalue weighted by Crippen LogP contribution is 2.33. The van der Waals surface area contributed by atoms with Crippen LogP contribution in [0.1, 0.15) is 189 Å². The lowest BCUT2D eigenvalue weighted by Crippen LogP contribution is -2.62. The van der Waals surface area contributed by atoms with Crippen LogP contribution in [0.15, 0.2) is 78.1 Å². The Bertz CT molecular complexity index is 4210. The first-order valence-corrected chi connectivity index (χ1v) is 48.2. The molecule has 0 radical (unpaired) electrons. The molecule has 0 aromatic heterocycles. The maximum atomic E-state index is 15.0. The number of aliphatic hydroxyl groups is 5. The molecule has 42 nitrogen and oxygen atoms in total. The standard InChI is InChI=1S/C96H155N15O27/c1-15-59(8)82(73(130-13)52-77(117)111-43-25-31-69(111)87(131-14)60(9)88(122)101-61(10)83(118)63-26-18-16-19-27-63)109(11)94(127)79(57(4)5)107-92(126)81(58(6)7)110(12)96(129)137-54-62-33-35-64(36-34-62)102-89(123)68(30-24-42-100-95(97)128)104-91(125)78(56(2)3)106-90(124)67(103-75(115)40-45-133-47-49-135-51-50-134-48-46-132-44-39-65-70(113)37-38-71(65)114)29-22-23-41-99-76(116)55-136-72-32-21-17-20-28-66(80(72)108-98)105-93-86(121)85(120)84(119)74(53-112)138-93/h16,18-19,26-27,33-38,56-61,65,67-69,72-74,78-79,81-87,93,105,108,112,118-121H,15,17,20-25,28-32,39-55,98H2,1-14H3,(H,99,116)(H,101,122)(H,102,123)(H,103,115)(H,104,125)(H,106,124)(H,107,126)(H3,97,100,128)/b80-66-/t59-,60+,61+,67+,68-,69-,72?,73+,74+,78-,79-,81-,82-,83+,84-,85-,86+,87+,93?/m0/s1. The molecule has 0 saturated carbocycles. The number of ketones is 2. The number of urea groups is 1.